The highest BCUT2D eigenvalue weighted by molar-refractivity contribution is 5.68. The van der Waals surface area contributed by atoms with Crippen LogP contribution in [0.3, 0.4) is 0 Å². The molecule has 1 N–H and O–H groups in total. The van der Waals surface area contributed by atoms with Crippen LogP contribution < -0.4 is 0 Å². The molecule has 0 fully saturated rings. The Morgan fingerprint density at radius 3 is 2.69 bits per heavy atom. The lowest BCUT2D eigenvalue weighted by Gasteiger charge is -2.23. The fraction of sp³-hybridized carbons (Fsp3) is 0.375. The molecule has 1 unspecified atom stereocenters. The third kappa shape index (κ3) is 2.11. The number of carboxylic acid groups (broad SMARTS) is 1. The van der Waals surface area contributed by atoms with Gasteiger partial charge >= 0.3 is 5.97 Å². The number of hydrogen-bond acceptors (Lipinski definition) is 1. The SMILES string of the molecule is O=C(O)CC1C(F)=CC=CC1(F)F. The van der Waals surface area contributed by atoms with Crippen LogP contribution in [0.15, 0.2) is 24.1 Å². The fourth-order valence-corrected chi connectivity index (χ4v) is 1.09. The van der Waals surface area contributed by atoms with Gasteiger partial charge in [-0.15, -0.1) is 0 Å². The van der Waals surface area contributed by atoms with E-state index in [1.54, 1.807) is 0 Å². The van der Waals surface area contributed by atoms with Crippen LogP contribution >= 0.6 is 0 Å². The maximum Gasteiger partial charge on any atom is 0.304 e. The average Bonchev–Trinajstić information content (AvgIpc) is 1.96. The molecule has 0 aromatic heterocycles. The molecule has 5 heteroatoms. The van der Waals surface area contributed by atoms with Gasteiger partial charge < -0.3 is 5.11 Å². The maximum absolute atomic E-state index is 12.8. The summed E-state index contributed by atoms with van der Waals surface area (Å²) in [5, 5.41) is 8.26. The highest BCUT2D eigenvalue weighted by Gasteiger charge is 2.42. The second kappa shape index (κ2) is 3.24. The van der Waals surface area contributed by atoms with Crippen molar-refractivity contribution in [1.29, 1.82) is 0 Å². The second-order valence-electron chi connectivity index (χ2n) is 2.74. The first-order chi connectivity index (χ1) is 5.93. The summed E-state index contributed by atoms with van der Waals surface area (Å²) < 4.78 is 38.5. The Bertz CT molecular complexity index is 281. The van der Waals surface area contributed by atoms with Gasteiger partial charge in [0.1, 0.15) is 5.83 Å². The molecule has 0 saturated carbocycles. The Kier molecular flexibility index (Phi) is 2.45. The molecule has 2 nitrogen and oxygen atoms in total. The molecule has 0 radical (unpaired) electrons. The van der Waals surface area contributed by atoms with E-state index in [2.05, 4.69) is 0 Å². The van der Waals surface area contributed by atoms with Crippen molar-refractivity contribution in [3.05, 3.63) is 24.1 Å². The van der Waals surface area contributed by atoms with Crippen LogP contribution in [0.2, 0.25) is 0 Å². The Balaban J connectivity index is 2.86. The van der Waals surface area contributed by atoms with E-state index in [9.17, 15) is 18.0 Å². The molecule has 1 aliphatic rings. The van der Waals surface area contributed by atoms with Crippen LogP contribution in [-0.2, 0) is 4.79 Å². The van der Waals surface area contributed by atoms with E-state index in [1.165, 1.54) is 0 Å². The predicted molar refractivity (Wildman–Crippen MR) is 39.0 cm³/mol. The summed E-state index contributed by atoms with van der Waals surface area (Å²) in [7, 11) is 0. The lowest BCUT2D eigenvalue weighted by Crippen LogP contribution is -2.30. The average molecular weight is 192 g/mol. The van der Waals surface area contributed by atoms with Crippen molar-refractivity contribution in [2.45, 2.75) is 12.3 Å². The number of allylic oxidation sites excluding steroid dienone is 4. The van der Waals surface area contributed by atoms with Crippen LogP contribution in [0.1, 0.15) is 6.42 Å². The molecule has 1 rings (SSSR count). The van der Waals surface area contributed by atoms with Gasteiger partial charge in [-0.1, -0.05) is 6.08 Å². The van der Waals surface area contributed by atoms with Crippen molar-refractivity contribution in [3.8, 4) is 0 Å². The van der Waals surface area contributed by atoms with Gasteiger partial charge in [0, 0.05) is 0 Å². The number of alkyl halides is 2. The molecule has 0 bridgehead atoms. The lowest BCUT2D eigenvalue weighted by molar-refractivity contribution is -0.140. The summed E-state index contributed by atoms with van der Waals surface area (Å²) in [4.78, 5) is 10.1. The second-order valence-corrected chi connectivity index (χ2v) is 2.74. The number of carboxylic acids is 1. The minimum absolute atomic E-state index is 0.504. The van der Waals surface area contributed by atoms with Crippen molar-refractivity contribution in [2.75, 3.05) is 0 Å². The van der Waals surface area contributed by atoms with Gasteiger partial charge in [-0.2, -0.15) is 0 Å². The largest absolute Gasteiger partial charge is 0.481 e. The summed E-state index contributed by atoms with van der Waals surface area (Å²) in [6.45, 7) is 0. The molecule has 0 heterocycles. The molecule has 0 aromatic carbocycles. The van der Waals surface area contributed by atoms with E-state index in [0.29, 0.717) is 6.08 Å². The first kappa shape index (κ1) is 9.83. The molecule has 0 spiro atoms. The van der Waals surface area contributed by atoms with E-state index >= 15 is 0 Å². The van der Waals surface area contributed by atoms with Crippen molar-refractivity contribution >= 4 is 5.97 Å². The molecule has 1 atom stereocenters. The summed E-state index contributed by atoms with van der Waals surface area (Å²) in [5.41, 5.74) is 0. The molecule has 0 aliphatic heterocycles. The number of aliphatic carboxylic acids is 1. The zero-order chi connectivity index (χ0) is 10.1. The molecular formula is C8H7F3O2. The summed E-state index contributed by atoms with van der Waals surface area (Å²) in [5.74, 6) is -7.80. The van der Waals surface area contributed by atoms with Crippen LogP contribution in [-0.4, -0.2) is 17.0 Å². The minimum Gasteiger partial charge on any atom is -0.481 e. The van der Waals surface area contributed by atoms with Gasteiger partial charge in [0.25, 0.3) is 5.92 Å². The molecule has 72 valence electrons. The zero-order valence-electron chi connectivity index (χ0n) is 6.51. The molecular weight excluding hydrogens is 185 g/mol. The van der Waals surface area contributed by atoms with Gasteiger partial charge in [-0.3, -0.25) is 4.79 Å². The fourth-order valence-electron chi connectivity index (χ4n) is 1.09. The summed E-state index contributed by atoms with van der Waals surface area (Å²) in [6, 6.07) is 0. The highest BCUT2D eigenvalue weighted by Crippen LogP contribution is 2.37. The van der Waals surface area contributed by atoms with Crippen molar-refractivity contribution in [3.63, 3.8) is 0 Å². The van der Waals surface area contributed by atoms with E-state index in [1.807, 2.05) is 0 Å². The normalized spacial score (nSPS) is 25.5. The lowest BCUT2D eigenvalue weighted by atomic mass is 9.92. The number of halogens is 3. The quantitative estimate of drug-likeness (QED) is 0.727. The molecule has 0 amide bonds. The molecule has 0 saturated heterocycles. The number of hydrogen-bond donors (Lipinski definition) is 1. The smallest absolute Gasteiger partial charge is 0.304 e. The standard InChI is InChI=1S/C8H7F3O2/c9-6-2-1-3-8(10,11)5(6)4-7(12)13/h1-3,5H,4H2,(H,12,13). The first-order valence-corrected chi connectivity index (χ1v) is 3.58. The van der Waals surface area contributed by atoms with Crippen molar-refractivity contribution in [2.24, 2.45) is 5.92 Å². The molecule has 13 heavy (non-hydrogen) atoms. The third-order valence-corrected chi connectivity index (χ3v) is 1.75. The van der Waals surface area contributed by atoms with Crippen molar-refractivity contribution in [1.82, 2.24) is 0 Å². The van der Waals surface area contributed by atoms with Crippen LogP contribution in [0.5, 0.6) is 0 Å². The molecule has 0 aromatic rings. The van der Waals surface area contributed by atoms with Crippen LogP contribution in [0.4, 0.5) is 13.2 Å². The number of carbonyl (C=O) groups is 1. The molecule has 1 aliphatic carbocycles. The maximum atomic E-state index is 12.8. The van der Waals surface area contributed by atoms with Crippen molar-refractivity contribution < 1.29 is 23.1 Å². The van der Waals surface area contributed by atoms with Gasteiger partial charge in [0.05, 0.1) is 12.3 Å². The van der Waals surface area contributed by atoms with E-state index in [0.717, 1.165) is 12.2 Å². The van der Waals surface area contributed by atoms with Gasteiger partial charge in [0.2, 0.25) is 0 Å². The van der Waals surface area contributed by atoms with Crippen LogP contribution in [0, 0.1) is 5.92 Å². The van der Waals surface area contributed by atoms with Gasteiger partial charge in [-0.25, -0.2) is 13.2 Å². The summed E-state index contributed by atoms with van der Waals surface area (Å²) in [6.07, 6.45) is 1.34. The van der Waals surface area contributed by atoms with Gasteiger partial charge in [-0.05, 0) is 12.2 Å². The first-order valence-electron chi connectivity index (χ1n) is 3.58. The Morgan fingerprint density at radius 1 is 1.62 bits per heavy atom. The van der Waals surface area contributed by atoms with E-state index in [4.69, 9.17) is 5.11 Å². The Hall–Kier alpha value is -1.26. The third-order valence-electron chi connectivity index (χ3n) is 1.75. The van der Waals surface area contributed by atoms with E-state index < -0.39 is 30.1 Å². The number of rotatable bonds is 2. The monoisotopic (exact) mass is 192 g/mol. The Labute approximate surface area is 72.4 Å². The summed E-state index contributed by atoms with van der Waals surface area (Å²) >= 11 is 0. The topological polar surface area (TPSA) is 37.3 Å². The van der Waals surface area contributed by atoms with Crippen LogP contribution in [0.25, 0.3) is 0 Å². The van der Waals surface area contributed by atoms with Gasteiger partial charge in [0.15, 0.2) is 0 Å². The Morgan fingerprint density at radius 2 is 2.23 bits per heavy atom. The minimum atomic E-state index is -3.41. The predicted octanol–water partition coefficient (Wildman–Crippen LogP) is 2.14. The zero-order valence-corrected chi connectivity index (χ0v) is 6.51. The van der Waals surface area contributed by atoms with E-state index in [-0.39, 0.29) is 0 Å². The highest BCUT2D eigenvalue weighted by atomic mass is 19.3.